The molecule has 1 aliphatic heterocycles. The molecule has 0 aliphatic carbocycles. The average Bonchev–Trinajstić information content (AvgIpc) is 2.79. The minimum absolute atomic E-state index is 0.0934. The van der Waals surface area contributed by atoms with Crippen LogP contribution in [0.3, 0.4) is 0 Å². The van der Waals surface area contributed by atoms with E-state index >= 15 is 0 Å². The zero-order valence-electron chi connectivity index (χ0n) is 17.3. The number of nitrogens with zero attached hydrogens (tertiary/aromatic N) is 1. The lowest BCUT2D eigenvalue weighted by Crippen LogP contribution is -2.69. The highest BCUT2D eigenvalue weighted by atomic mass is 32.2. The molecule has 2 aromatic carbocycles. The second-order valence-electron chi connectivity index (χ2n) is 7.60. The van der Waals surface area contributed by atoms with Crippen molar-refractivity contribution in [2.45, 2.75) is 41.1 Å². The number of carboxylic acids is 1. The van der Waals surface area contributed by atoms with Crippen molar-refractivity contribution in [1.29, 1.82) is 0 Å². The van der Waals surface area contributed by atoms with Gasteiger partial charge in [-0.1, -0.05) is 55.0 Å². The fourth-order valence-corrected chi connectivity index (χ4v) is 6.51. The van der Waals surface area contributed by atoms with E-state index in [4.69, 9.17) is 5.73 Å². The Balaban J connectivity index is 2.37. The van der Waals surface area contributed by atoms with Crippen LogP contribution in [0.1, 0.15) is 24.8 Å². The van der Waals surface area contributed by atoms with Crippen LogP contribution in [0.25, 0.3) is 0 Å². The minimum Gasteiger partial charge on any atom is -0.480 e. The van der Waals surface area contributed by atoms with Crippen LogP contribution >= 0.6 is 0 Å². The molecule has 4 N–H and O–H groups in total. The number of amides is 2. The molecular weight excluding hydrogens is 434 g/mol. The second-order valence-corrected chi connectivity index (χ2v) is 9.61. The van der Waals surface area contributed by atoms with Gasteiger partial charge in [0, 0.05) is 6.54 Å². The summed E-state index contributed by atoms with van der Waals surface area (Å²) in [6, 6.07) is 14.0. The van der Waals surface area contributed by atoms with Gasteiger partial charge in [0.05, 0.1) is 4.90 Å². The average molecular weight is 460 g/mol. The van der Waals surface area contributed by atoms with Gasteiger partial charge in [-0.2, -0.15) is 0 Å². The second kappa shape index (κ2) is 9.49. The standard InChI is InChI=1S/C22H25N3O6S/c23-20(29)22(24-15-26,16-9-3-1-4-10-16)21(25-14-8-7-13-18(25)19(27)28)32(30,31)17-11-5-2-6-12-17/h1-6,9-12,15,18,21H,7-8,13-14H2,(H2,23,29)(H,24,26)(H,27,28)/t18?,21?,22-/m0/s1. The Bertz CT molecular complexity index is 1080. The predicted molar refractivity (Wildman–Crippen MR) is 116 cm³/mol. The number of nitrogens with two attached hydrogens (primary N) is 1. The molecule has 0 aromatic heterocycles. The van der Waals surface area contributed by atoms with E-state index in [-0.39, 0.29) is 29.8 Å². The lowest BCUT2D eigenvalue weighted by molar-refractivity contribution is -0.147. The van der Waals surface area contributed by atoms with Gasteiger partial charge in [0.2, 0.25) is 6.41 Å². The number of carbonyl (C=O) groups excluding carboxylic acids is 2. The molecule has 9 nitrogen and oxygen atoms in total. The van der Waals surface area contributed by atoms with Gasteiger partial charge in [0.25, 0.3) is 5.91 Å². The quantitative estimate of drug-likeness (QED) is 0.471. The van der Waals surface area contributed by atoms with Crippen LogP contribution in [0.5, 0.6) is 0 Å². The van der Waals surface area contributed by atoms with Gasteiger partial charge in [-0.05, 0) is 30.5 Å². The SMILES string of the molecule is NC(=O)[C@@](NC=O)(c1ccccc1)C(N1CCCCC1C(=O)O)S(=O)(=O)c1ccccc1. The third-order valence-corrected chi connectivity index (χ3v) is 7.91. The molecule has 1 heterocycles. The Labute approximate surface area is 186 Å². The monoisotopic (exact) mass is 459 g/mol. The Hall–Kier alpha value is -3.24. The van der Waals surface area contributed by atoms with E-state index in [1.807, 2.05) is 0 Å². The van der Waals surface area contributed by atoms with Gasteiger partial charge in [0.15, 0.2) is 20.8 Å². The summed E-state index contributed by atoms with van der Waals surface area (Å²) < 4.78 is 28.0. The largest absolute Gasteiger partial charge is 0.480 e. The van der Waals surface area contributed by atoms with Crippen LogP contribution in [0, 0.1) is 0 Å². The number of carbonyl (C=O) groups is 3. The molecule has 0 bridgehead atoms. The van der Waals surface area contributed by atoms with E-state index in [0.29, 0.717) is 12.8 Å². The number of piperidine rings is 1. The van der Waals surface area contributed by atoms with Gasteiger partial charge in [-0.25, -0.2) is 8.42 Å². The summed E-state index contributed by atoms with van der Waals surface area (Å²) in [6.45, 7) is 0.0934. The van der Waals surface area contributed by atoms with Crippen molar-refractivity contribution in [2.75, 3.05) is 6.54 Å². The number of primary amides is 1. The van der Waals surface area contributed by atoms with Crippen molar-refractivity contribution in [1.82, 2.24) is 10.2 Å². The third kappa shape index (κ3) is 4.11. The summed E-state index contributed by atoms with van der Waals surface area (Å²) >= 11 is 0. The first-order chi connectivity index (χ1) is 15.3. The number of hydrogen-bond acceptors (Lipinski definition) is 6. The first kappa shape index (κ1) is 23.4. The molecule has 2 aromatic rings. The van der Waals surface area contributed by atoms with E-state index in [2.05, 4.69) is 5.32 Å². The maximum Gasteiger partial charge on any atom is 0.320 e. The molecule has 2 amide bonds. The molecule has 10 heteroatoms. The van der Waals surface area contributed by atoms with E-state index < -0.39 is 38.7 Å². The van der Waals surface area contributed by atoms with Crippen molar-refractivity contribution in [3.8, 4) is 0 Å². The number of benzene rings is 2. The van der Waals surface area contributed by atoms with E-state index in [0.717, 1.165) is 0 Å². The molecule has 0 spiro atoms. The number of rotatable bonds is 9. The lowest BCUT2D eigenvalue weighted by atomic mass is 9.86. The number of likely N-dealkylation sites (tertiary alicyclic amines) is 1. The van der Waals surface area contributed by atoms with Crippen LogP contribution in [-0.2, 0) is 29.8 Å². The van der Waals surface area contributed by atoms with Gasteiger partial charge in [-0.3, -0.25) is 19.3 Å². The number of carboxylic acid groups (broad SMARTS) is 1. The summed E-state index contributed by atoms with van der Waals surface area (Å²) in [4.78, 5) is 38.0. The van der Waals surface area contributed by atoms with Gasteiger partial charge >= 0.3 is 5.97 Å². The first-order valence-electron chi connectivity index (χ1n) is 10.1. The van der Waals surface area contributed by atoms with Crippen LogP contribution < -0.4 is 11.1 Å². The number of nitrogens with one attached hydrogen (secondary N) is 1. The molecule has 3 rings (SSSR count). The summed E-state index contributed by atoms with van der Waals surface area (Å²) in [5.41, 5.74) is 3.70. The fourth-order valence-electron chi connectivity index (χ4n) is 4.32. The van der Waals surface area contributed by atoms with Gasteiger partial charge in [-0.15, -0.1) is 0 Å². The highest BCUT2D eigenvalue weighted by Crippen LogP contribution is 2.38. The van der Waals surface area contributed by atoms with E-state index in [9.17, 15) is 27.9 Å². The molecule has 170 valence electrons. The Kier molecular flexibility index (Phi) is 6.95. The molecule has 0 radical (unpaired) electrons. The van der Waals surface area contributed by atoms with Gasteiger partial charge < -0.3 is 16.2 Å². The van der Waals surface area contributed by atoms with E-state index in [1.165, 1.54) is 41.3 Å². The van der Waals surface area contributed by atoms with Crippen molar-refractivity contribution in [2.24, 2.45) is 5.73 Å². The maximum absolute atomic E-state index is 14.0. The summed E-state index contributed by atoms with van der Waals surface area (Å²) in [7, 11) is -4.40. The molecule has 1 fully saturated rings. The number of aliphatic carboxylic acids is 1. The normalized spacial score (nSPS) is 19.9. The molecule has 1 saturated heterocycles. The highest BCUT2D eigenvalue weighted by Gasteiger charge is 2.57. The third-order valence-electron chi connectivity index (χ3n) is 5.77. The molecular formula is C22H25N3O6S. The van der Waals surface area contributed by atoms with Crippen LogP contribution in [0.4, 0.5) is 0 Å². The van der Waals surface area contributed by atoms with Crippen LogP contribution in [-0.4, -0.2) is 54.7 Å². The summed E-state index contributed by atoms with van der Waals surface area (Å²) in [6.07, 6.45) is 1.52. The smallest absolute Gasteiger partial charge is 0.320 e. The number of sulfone groups is 1. The molecule has 2 unspecified atom stereocenters. The van der Waals surface area contributed by atoms with E-state index in [1.54, 1.807) is 24.3 Å². The summed E-state index contributed by atoms with van der Waals surface area (Å²) in [5.74, 6) is -2.33. The topological polar surface area (TPSA) is 147 Å². The molecule has 3 atom stereocenters. The first-order valence-corrected chi connectivity index (χ1v) is 11.7. The Morgan fingerprint density at radius 2 is 1.69 bits per heavy atom. The molecule has 32 heavy (non-hydrogen) atoms. The number of hydrogen-bond donors (Lipinski definition) is 3. The Morgan fingerprint density at radius 1 is 1.09 bits per heavy atom. The Morgan fingerprint density at radius 3 is 2.22 bits per heavy atom. The summed E-state index contributed by atoms with van der Waals surface area (Å²) in [5, 5.41) is 10.4. The zero-order valence-corrected chi connectivity index (χ0v) is 18.1. The minimum atomic E-state index is -4.40. The van der Waals surface area contributed by atoms with Crippen molar-refractivity contribution >= 4 is 28.1 Å². The lowest BCUT2D eigenvalue weighted by Gasteiger charge is -2.46. The predicted octanol–water partition coefficient (Wildman–Crippen LogP) is 0.852. The highest BCUT2D eigenvalue weighted by molar-refractivity contribution is 7.92. The molecule has 0 saturated carbocycles. The maximum atomic E-state index is 14.0. The zero-order chi connectivity index (χ0) is 23.4. The van der Waals surface area contributed by atoms with Crippen molar-refractivity contribution in [3.05, 3.63) is 66.2 Å². The van der Waals surface area contributed by atoms with Crippen LogP contribution in [0.2, 0.25) is 0 Å². The van der Waals surface area contributed by atoms with Crippen molar-refractivity contribution in [3.63, 3.8) is 0 Å². The van der Waals surface area contributed by atoms with Crippen LogP contribution in [0.15, 0.2) is 65.6 Å². The fraction of sp³-hybridized carbons (Fsp3) is 0.318. The molecule has 1 aliphatic rings. The van der Waals surface area contributed by atoms with Gasteiger partial charge in [0.1, 0.15) is 6.04 Å². The van der Waals surface area contributed by atoms with Crippen molar-refractivity contribution < 1.29 is 27.9 Å².